The van der Waals surface area contributed by atoms with Crippen molar-refractivity contribution >= 4 is 23.2 Å². The Balaban J connectivity index is 1.47. The lowest BCUT2D eigenvalue weighted by atomic mass is 9.44. The molecule has 1 N–H and O–H groups in total. The van der Waals surface area contributed by atoms with Crippen molar-refractivity contribution in [1.82, 2.24) is 5.32 Å². The standard InChI is InChI=1S/C26H39N3O5/c1-16(30)33-15-26-10-6-17(28-34-18-8-11-27-14-18)12-22(26)23(29-32-3)13-19-20-4-5-24(31)25(20,2)9-7-21(19)26/h18-22,27H,4-15H2,1-3H3/b28-17?,29-23+/t18?,19?,20?,21?,22?,25-,26-/m0/s1. The summed E-state index contributed by atoms with van der Waals surface area (Å²) in [5, 5.41) is 12.4. The lowest BCUT2D eigenvalue weighted by molar-refractivity contribution is -0.155. The van der Waals surface area contributed by atoms with E-state index in [0.29, 0.717) is 36.6 Å². The van der Waals surface area contributed by atoms with Gasteiger partial charge >= 0.3 is 5.97 Å². The van der Waals surface area contributed by atoms with E-state index in [0.717, 1.165) is 75.9 Å². The van der Waals surface area contributed by atoms with E-state index in [1.807, 2.05) is 0 Å². The third-order valence-corrected chi connectivity index (χ3v) is 9.84. The molecule has 0 aromatic rings. The van der Waals surface area contributed by atoms with E-state index >= 15 is 0 Å². The summed E-state index contributed by atoms with van der Waals surface area (Å²) in [4.78, 5) is 36.0. The fourth-order valence-corrected chi connectivity index (χ4v) is 8.11. The minimum absolute atomic E-state index is 0.104. The van der Waals surface area contributed by atoms with E-state index in [9.17, 15) is 9.59 Å². The summed E-state index contributed by atoms with van der Waals surface area (Å²) < 4.78 is 5.77. The van der Waals surface area contributed by atoms with Gasteiger partial charge in [0, 0.05) is 43.1 Å². The molecular formula is C26H39N3O5. The summed E-state index contributed by atoms with van der Waals surface area (Å²) in [7, 11) is 1.60. The number of ether oxygens (including phenoxy) is 1. The molecule has 1 heterocycles. The van der Waals surface area contributed by atoms with Crippen LogP contribution in [-0.2, 0) is 24.0 Å². The van der Waals surface area contributed by atoms with Gasteiger partial charge in [-0.15, -0.1) is 0 Å². The van der Waals surface area contributed by atoms with E-state index in [4.69, 9.17) is 14.4 Å². The highest BCUT2D eigenvalue weighted by molar-refractivity contribution is 5.96. The quantitative estimate of drug-likeness (QED) is 0.485. The number of Topliss-reactive ketones (excluding diaryl/α,β-unsaturated/α-hetero) is 1. The number of hydrogen-bond acceptors (Lipinski definition) is 8. The van der Waals surface area contributed by atoms with Crippen molar-refractivity contribution in [3.05, 3.63) is 0 Å². The Morgan fingerprint density at radius 3 is 2.71 bits per heavy atom. The van der Waals surface area contributed by atoms with Crippen molar-refractivity contribution < 1.29 is 24.0 Å². The molecule has 5 aliphatic rings. The third-order valence-electron chi connectivity index (χ3n) is 9.84. The number of carbonyl (C=O) groups excluding carboxylic acids is 2. The van der Waals surface area contributed by atoms with E-state index in [1.54, 1.807) is 7.11 Å². The monoisotopic (exact) mass is 473 g/mol. The Hall–Kier alpha value is -1.96. The molecule has 0 spiro atoms. The van der Waals surface area contributed by atoms with Crippen LogP contribution in [0.4, 0.5) is 0 Å². The van der Waals surface area contributed by atoms with E-state index in [-0.39, 0.29) is 28.8 Å². The average molecular weight is 474 g/mol. The van der Waals surface area contributed by atoms with Gasteiger partial charge in [0.1, 0.15) is 19.0 Å². The Morgan fingerprint density at radius 1 is 1.12 bits per heavy atom. The number of rotatable bonds is 5. The van der Waals surface area contributed by atoms with Crippen molar-refractivity contribution in [2.45, 2.75) is 77.7 Å². The number of hydrogen-bond donors (Lipinski definition) is 1. The molecule has 7 atom stereocenters. The minimum Gasteiger partial charge on any atom is -0.465 e. The van der Waals surface area contributed by atoms with Gasteiger partial charge in [0.2, 0.25) is 0 Å². The molecule has 5 unspecified atom stereocenters. The maximum absolute atomic E-state index is 12.9. The zero-order chi connectivity index (χ0) is 23.9. The summed E-state index contributed by atoms with van der Waals surface area (Å²) in [5.41, 5.74) is 1.68. The second kappa shape index (κ2) is 9.25. The van der Waals surface area contributed by atoms with Crippen LogP contribution in [-0.4, -0.2) is 56.1 Å². The third kappa shape index (κ3) is 3.95. The zero-order valence-corrected chi connectivity index (χ0v) is 20.8. The Morgan fingerprint density at radius 2 is 1.97 bits per heavy atom. The number of ketones is 1. The van der Waals surface area contributed by atoms with Crippen LogP contribution in [0.15, 0.2) is 10.3 Å². The van der Waals surface area contributed by atoms with Crippen LogP contribution in [0.2, 0.25) is 0 Å². The molecule has 188 valence electrons. The molecule has 0 radical (unpaired) electrons. The van der Waals surface area contributed by atoms with Gasteiger partial charge in [-0.2, -0.15) is 0 Å². The predicted molar refractivity (Wildman–Crippen MR) is 127 cm³/mol. The first-order valence-corrected chi connectivity index (χ1v) is 13.1. The first kappa shape index (κ1) is 23.8. The molecule has 5 fully saturated rings. The molecule has 1 aliphatic heterocycles. The van der Waals surface area contributed by atoms with Gasteiger partial charge in [-0.3, -0.25) is 9.59 Å². The first-order valence-electron chi connectivity index (χ1n) is 13.1. The van der Waals surface area contributed by atoms with E-state index in [2.05, 4.69) is 22.6 Å². The Bertz CT molecular complexity index is 882. The maximum atomic E-state index is 12.9. The molecule has 4 aliphatic carbocycles. The highest BCUT2D eigenvalue weighted by atomic mass is 16.6. The molecule has 34 heavy (non-hydrogen) atoms. The number of oxime groups is 2. The molecule has 0 bridgehead atoms. The zero-order valence-electron chi connectivity index (χ0n) is 20.8. The largest absolute Gasteiger partial charge is 0.465 e. The van der Waals surface area contributed by atoms with E-state index < -0.39 is 0 Å². The van der Waals surface area contributed by atoms with Gasteiger partial charge in [-0.1, -0.05) is 17.2 Å². The van der Waals surface area contributed by atoms with Crippen molar-refractivity contribution in [3.8, 4) is 0 Å². The molecule has 4 saturated carbocycles. The van der Waals surface area contributed by atoms with E-state index in [1.165, 1.54) is 6.92 Å². The topological polar surface area (TPSA) is 98.6 Å². The predicted octanol–water partition coefficient (Wildman–Crippen LogP) is 3.49. The molecule has 8 nitrogen and oxygen atoms in total. The Labute approximate surface area is 202 Å². The lowest BCUT2D eigenvalue weighted by Gasteiger charge is -2.60. The van der Waals surface area contributed by atoms with Gasteiger partial charge in [0.15, 0.2) is 0 Å². The number of nitrogens with one attached hydrogen (secondary N) is 1. The fourth-order valence-electron chi connectivity index (χ4n) is 8.11. The molecular weight excluding hydrogens is 434 g/mol. The molecule has 8 heteroatoms. The molecule has 1 saturated heterocycles. The van der Waals surface area contributed by atoms with Crippen LogP contribution in [0.25, 0.3) is 0 Å². The van der Waals surface area contributed by atoms with Crippen molar-refractivity contribution in [2.24, 2.45) is 44.8 Å². The number of nitrogens with zero attached hydrogens (tertiary/aromatic N) is 2. The minimum atomic E-state index is -0.242. The SMILES string of the molecule is CO/N=C1\CC2C(CC[C@]3(C)C(=O)CCC23)[C@@]2(COC(C)=O)CCC(=NOC3CCNC3)CC12. The average Bonchev–Trinajstić information content (AvgIpc) is 3.45. The summed E-state index contributed by atoms with van der Waals surface area (Å²) in [6.07, 6.45) is 8.02. The Kier molecular flexibility index (Phi) is 6.46. The summed E-state index contributed by atoms with van der Waals surface area (Å²) in [5.74, 6) is 1.42. The molecule has 0 aromatic carbocycles. The van der Waals surface area contributed by atoms with Gasteiger partial charge in [-0.05, 0) is 69.2 Å². The van der Waals surface area contributed by atoms with Crippen molar-refractivity contribution in [2.75, 3.05) is 26.8 Å². The molecule has 0 aromatic heterocycles. The second-order valence-electron chi connectivity index (χ2n) is 11.4. The first-order chi connectivity index (χ1) is 16.4. The van der Waals surface area contributed by atoms with Crippen molar-refractivity contribution in [1.29, 1.82) is 0 Å². The van der Waals surface area contributed by atoms with Gasteiger partial charge < -0.3 is 19.7 Å². The van der Waals surface area contributed by atoms with Crippen LogP contribution < -0.4 is 5.32 Å². The fraction of sp³-hybridized carbons (Fsp3) is 0.846. The normalized spacial score (nSPS) is 43.9. The summed E-state index contributed by atoms with van der Waals surface area (Å²) in [6, 6.07) is 0. The number of carbonyl (C=O) groups is 2. The van der Waals surface area contributed by atoms with Crippen molar-refractivity contribution in [3.63, 3.8) is 0 Å². The summed E-state index contributed by atoms with van der Waals surface area (Å²) in [6.45, 7) is 5.88. The van der Waals surface area contributed by atoms with Crippen LogP contribution >= 0.6 is 0 Å². The highest BCUT2D eigenvalue weighted by Gasteiger charge is 2.63. The number of fused-ring (bicyclic) bond motifs is 5. The molecule has 0 amide bonds. The maximum Gasteiger partial charge on any atom is 0.302 e. The second-order valence-corrected chi connectivity index (χ2v) is 11.4. The highest BCUT2D eigenvalue weighted by Crippen LogP contribution is 2.65. The van der Waals surface area contributed by atoms with Crippen LogP contribution in [0.1, 0.15) is 71.6 Å². The summed E-state index contributed by atoms with van der Waals surface area (Å²) >= 11 is 0. The van der Waals surface area contributed by atoms with Crippen LogP contribution in [0.5, 0.6) is 0 Å². The van der Waals surface area contributed by atoms with Crippen LogP contribution in [0, 0.1) is 34.5 Å². The number of esters is 1. The van der Waals surface area contributed by atoms with Gasteiger partial charge in [0.05, 0.1) is 18.0 Å². The molecule has 5 rings (SSSR count). The van der Waals surface area contributed by atoms with Gasteiger partial charge in [0.25, 0.3) is 0 Å². The van der Waals surface area contributed by atoms with Gasteiger partial charge in [-0.25, -0.2) is 0 Å². The lowest BCUT2D eigenvalue weighted by Crippen LogP contribution is -2.59. The smallest absolute Gasteiger partial charge is 0.302 e. The van der Waals surface area contributed by atoms with Crippen LogP contribution in [0.3, 0.4) is 0 Å².